The van der Waals surface area contributed by atoms with E-state index in [0.717, 1.165) is 32.7 Å². The van der Waals surface area contributed by atoms with Gasteiger partial charge in [-0.25, -0.2) is 0 Å². The van der Waals surface area contributed by atoms with Crippen molar-refractivity contribution in [1.82, 2.24) is 0 Å². The average Bonchev–Trinajstić information content (AvgIpc) is 2.80. The summed E-state index contributed by atoms with van der Waals surface area (Å²) in [5.74, 6) is 0.583. The van der Waals surface area contributed by atoms with Crippen LogP contribution in [0.25, 0.3) is 0 Å². The Bertz CT molecular complexity index is 174. The van der Waals surface area contributed by atoms with E-state index in [1.807, 2.05) is 0 Å². The summed E-state index contributed by atoms with van der Waals surface area (Å²) >= 11 is 0. The number of hydrogen-bond donors (Lipinski definition) is 1. The van der Waals surface area contributed by atoms with Crippen LogP contribution in [0.15, 0.2) is 0 Å². The molecule has 0 amide bonds. The van der Waals surface area contributed by atoms with Crippen molar-refractivity contribution in [3.63, 3.8) is 0 Å². The molecule has 0 aromatic heterocycles. The molecule has 2 fully saturated rings. The van der Waals surface area contributed by atoms with Crippen molar-refractivity contribution >= 4 is 0 Å². The summed E-state index contributed by atoms with van der Waals surface area (Å²) in [6.45, 7) is 2.74. The van der Waals surface area contributed by atoms with Crippen LogP contribution in [0, 0.1) is 5.92 Å². The summed E-state index contributed by atoms with van der Waals surface area (Å²) in [7, 11) is 0. The Balaban J connectivity index is 1.64. The van der Waals surface area contributed by atoms with Gasteiger partial charge in [-0.1, -0.05) is 0 Å². The molecule has 0 spiro atoms. The Morgan fingerprint density at radius 1 is 1.20 bits per heavy atom. The topological polar surface area (TPSA) is 44.5 Å². The third kappa shape index (κ3) is 3.44. The highest BCUT2D eigenvalue weighted by Crippen LogP contribution is 2.22. The van der Waals surface area contributed by atoms with Gasteiger partial charge < -0.3 is 15.2 Å². The van der Waals surface area contributed by atoms with Crippen LogP contribution in [0.5, 0.6) is 0 Å². The lowest BCUT2D eigenvalue weighted by molar-refractivity contribution is 0.0395. The quantitative estimate of drug-likeness (QED) is 0.773. The van der Waals surface area contributed by atoms with Crippen molar-refractivity contribution in [3.8, 4) is 0 Å². The molecule has 0 aromatic rings. The molecule has 88 valence electrons. The highest BCUT2D eigenvalue weighted by atomic mass is 16.5. The summed E-state index contributed by atoms with van der Waals surface area (Å²) in [5, 5.41) is 0. The minimum Gasteiger partial charge on any atom is -0.381 e. The summed E-state index contributed by atoms with van der Waals surface area (Å²) in [5.41, 5.74) is 6.19. The van der Waals surface area contributed by atoms with Gasteiger partial charge in [-0.2, -0.15) is 0 Å². The van der Waals surface area contributed by atoms with Crippen molar-refractivity contribution in [2.75, 3.05) is 19.8 Å². The van der Waals surface area contributed by atoms with Gasteiger partial charge in [0.05, 0.1) is 12.7 Å². The van der Waals surface area contributed by atoms with E-state index in [1.165, 1.54) is 25.7 Å². The second-order valence-electron chi connectivity index (χ2n) is 4.85. The second kappa shape index (κ2) is 5.83. The zero-order valence-electron chi connectivity index (χ0n) is 9.49. The predicted octanol–water partition coefficient (Wildman–Crippen LogP) is 1.70. The molecule has 0 aromatic carbocycles. The standard InChI is InChI=1S/C12H23NO2/c13-12(10-3-1-7-14-9-10)6-5-11-4-2-8-15-11/h10-12H,1-9,13H2. The van der Waals surface area contributed by atoms with Crippen LogP contribution < -0.4 is 5.73 Å². The Labute approximate surface area is 92.3 Å². The van der Waals surface area contributed by atoms with Crippen molar-refractivity contribution < 1.29 is 9.47 Å². The molecule has 3 nitrogen and oxygen atoms in total. The lowest BCUT2D eigenvalue weighted by Gasteiger charge is -2.28. The van der Waals surface area contributed by atoms with Crippen molar-refractivity contribution in [3.05, 3.63) is 0 Å². The first kappa shape index (κ1) is 11.4. The number of hydrogen-bond acceptors (Lipinski definition) is 3. The van der Waals surface area contributed by atoms with E-state index >= 15 is 0 Å². The van der Waals surface area contributed by atoms with E-state index in [-0.39, 0.29) is 0 Å². The Kier molecular flexibility index (Phi) is 4.42. The van der Waals surface area contributed by atoms with E-state index in [4.69, 9.17) is 15.2 Å². The molecule has 2 N–H and O–H groups in total. The summed E-state index contributed by atoms with van der Waals surface area (Å²) < 4.78 is 11.1. The minimum atomic E-state index is 0.314. The van der Waals surface area contributed by atoms with Crippen molar-refractivity contribution in [2.45, 2.75) is 50.7 Å². The molecule has 0 bridgehead atoms. The molecule has 0 saturated carbocycles. The third-order valence-electron chi connectivity index (χ3n) is 3.65. The van der Waals surface area contributed by atoms with E-state index < -0.39 is 0 Å². The van der Waals surface area contributed by atoms with Gasteiger partial charge in [0, 0.05) is 19.3 Å². The number of ether oxygens (including phenoxy) is 2. The van der Waals surface area contributed by atoms with Crippen molar-refractivity contribution in [2.24, 2.45) is 11.7 Å². The molecule has 0 aliphatic carbocycles. The molecule has 15 heavy (non-hydrogen) atoms. The van der Waals surface area contributed by atoms with Crippen LogP contribution in [0.2, 0.25) is 0 Å². The van der Waals surface area contributed by atoms with Gasteiger partial charge in [0.25, 0.3) is 0 Å². The van der Waals surface area contributed by atoms with E-state index in [0.29, 0.717) is 18.1 Å². The molecule has 3 heteroatoms. The lowest BCUT2D eigenvalue weighted by atomic mass is 9.90. The van der Waals surface area contributed by atoms with Crippen LogP contribution in [-0.4, -0.2) is 32.0 Å². The number of nitrogens with two attached hydrogens (primary N) is 1. The Morgan fingerprint density at radius 3 is 2.73 bits per heavy atom. The Hall–Kier alpha value is -0.120. The monoisotopic (exact) mass is 213 g/mol. The zero-order valence-corrected chi connectivity index (χ0v) is 9.49. The minimum absolute atomic E-state index is 0.314. The molecule has 3 unspecified atom stereocenters. The van der Waals surface area contributed by atoms with Gasteiger partial charge >= 0.3 is 0 Å². The molecule has 3 atom stereocenters. The van der Waals surface area contributed by atoms with Crippen LogP contribution in [0.3, 0.4) is 0 Å². The van der Waals surface area contributed by atoms with Crippen LogP contribution >= 0.6 is 0 Å². The summed E-state index contributed by atoms with van der Waals surface area (Å²) in [4.78, 5) is 0. The lowest BCUT2D eigenvalue weighted by Crippen LogP contribution is -2.36. The highest BCUT2D eigenvalue weighted by Gasteiger charge is 2.23. The fourth-order valence-electron chi connectivity index (χ4n) is 2.59. The van der Waals surface area contributed by atoms with Gasteiger partial charge in [-0.05, 0) is 44.4 Å². The van der Waals surface area contributed by atoms with Crippen molar-refractivity contribution in [1.29, 1.82) is 0 Å². The van der Waals surface area contributed by atoms with Crippen LogP contribution in [0.1, 0.15) is 38.5 Å². The van der Waals surface area contributed by atoms with Gasteiger partial charge in [0.15, 0.2) is 0 Å². The molecule has 2 aliphatic heterocycles. The van der Waals surface area contributed by atoms with Gasteiger partial charge in [-0.15, -0.1) is 0 Å². The second-order valence-corrected chi connectivity index (χ2v) is 4.85. The smallest absolute Gasteiger partial charge is 0.0576 e. The first-order valence-corrected chi connectivity index (χ1v) is 6.31. The SMILES string of the molecule is NC(CCC1CCCO1)C1CCCOC1. The summed E-state index contributed by atoms with van der Waals surface area (Å²) in [6, 6.07) is 0.314. The maximum absolute atomic E-state index is 6.19. The first-order valence-electron chi connectivity index (χ1n) is 6.31. The van der Waals surface area contributed by atoms with Gasteiger partial charge in [-0.3, -0.25) is 0 Å². The molecular formula is C12H23NO2. The fraction of sp³-hybridized carbons (Fsp3) is 1.00. The zero-order chi connectivity index (χ0) is 10.5. The predicted molar refractivity (Wildman–Crippen MR) is 59.7 cm³/mol. The van der Waals surface area contributed by atoms with Gasteiger partial charge in [0.1, 0.15) is 0 Å². The van der Waals surface area contributed by atoms with E-state index in [9.17, 15) is 0 Å². The normalized spacial score (nSPS) is 34.2. The number of rotatable bonds is 4. The maximum atomic E-state index is 6.19. The molecule has 2 aliphatic rings. The largest absolute Gasteiger partial charge is 0.381 e. The molecular weight excluding hydrogens is 190 g/mol. The maximum Gasteiger partial charge on any atom is 0.0576 e. The fourth-order valence-corrected chi connectivity index (χ4v) is 2.59. The Morgan fingerprint density at radius 2 is 2.07 bits per heavy atom. The molecule has 2 heterocycles. The average molecular weight is 213 g/mol. The van der Waals surface area contributed by atoms with E-state index in [1.54, 1.807) is 0 Å². The summed E-state index contributed by atoms with van der Waals surface area (Å²) in [6.07, 6.45) is 7.60. The molecule has 2 rings (SSSR count). The molecule has 0 radical (unpaired) electrons. The van der Waals surface area contributed by atoms with E-state index in [2.05, 4.69) is 0 Å². The highest BCUT2D eigenvalue weighted by molar-refractivity contribution is 4.77. The third-order valence-corrected chi connectivity index (χ3v) is 3.65. The van der Waals surface area contributed by atoms with Crippen LogP contribution in [0.4, 0.5) is 0 Å². The first-order chi connectivity index (χ1) is 7.36. The molecule has 2 saturated heterocycles. The van der Waals surface area contributed by atoms with Crippen LogP contribution in [-0.2, 0) is 9.47 Å². The van der Waals surface area contributed by atoms with Gasteiger partial charge in [0.2, 0.25) is 0 Å².